The van der Waals surface area contributed by atoms with Gasteiger partial charge in [0.15, 0.2) is 11.6 Å². The van der Waals surface area contributed by atoms with Crippen molar-refractivity contribution in [1.82, 2.24) is 4.98 Å². The van der Waals surface area contributed by atoms with Crippen LogP contribution >= 0.6 is 0 Å². The quantitative estimate of drug-likeness (QED) is 0.603. The zero-order chi connectivity index (χ0) is 23.8. The molecule has 0 spiro atoms. The average Bonchev–Trinajstić information content (AvgIpc) is 2.78. The van der Waals surface area contributed by atoms with Crippen LogP contribution in [0.4, 0.5) is 14.6 Å². The van der Waals surface area contributed by atoms with E-state index in [4.69, 9.17) is 20.7 Å². The van der Waals surface area contributed by atoms with Crippen LogP contribution in [0.25, 0.3) is 22.4 Å². The fraction of sp³-hybridized carbons (Fsp3) is 0.280. The van der Waals surface area contributed by atoms with Crippen molar-refractivity contribution in [2.45, 2.75) is 25.3 Å². The first-order valence-corrected chi connectivity index (χ1v) is 10.5. The second kappa shape index (κ2) is 8.68. The number of nitrogens with two attached hydrogens (primary N) is 1. The molecule has 3 aromatic rings. The van der Waals surface area contributed by atoms with Crippen molar-refractivity contribution in [2.24, 2.45) is 5.73 Å². The van der Waals surface area contributed by atoms with Gasteiger partial charge in [-0.2, -0.15) is 5.26 Å². The zero-order valence-electron chi connectivity index (χ0n) is 18.4. The van der Waals surface area contributed by atoms with Crippen molar-refractivity contribution in [3.8, 4) is 40.0 Å². The van der Waals surface area contributed by atoms with Gasteiger partial charge in [0.2, 0.25) is 0 Å². The van der Waals surface area contributed by atoms with Gasteiger partial charge in [-0.25, -0.2) is 13.8 Å². The third-order valence-corrected chi connectivity index (χ3v) is 6.02. The number of aromatic nitrogens is 1. The number of hydrogen-bond donors (Lipinski definition) is 2. The van der Waals surface area contributed by atoms with Crippen LogP contribution in [0.1, 0.15) is 25.3 Å². The number of hydrogen-bond acceptors (Lipinski definition) is 6. The molecule has 0 aliphatic carbocycles. The Morgan fingerprint density at radius 1 is 1.09 bits per heavy atom. The Kier molecular flexibility index (Phi) is 5.91. The van der Waals surface area contributed by atoms with Crippen molar-refractivity contribution >= 4 is 5.82 Å². The molecule has 4 rings (SSSR count). The highest BCUT2D eigenvalue weighted by molar-refractivity contribution is 5.87. The number of anilines is 1. The molecule has 1 aliphatic heterocycles. The highest BCUT2D eigenvalue weighted by Gasteiger charge is 2.28. The molecule has 2 aromatic carbocycles. The summed E-state index contributed by atoms with van der Waals surface area (Å²) in [6.07, 6.45) is 1.50. The number of nitrogens with zero attached hydrogens (tertiary/aromatic N) is 3. The van der Waals surface area contributed by atoms with Crippen molar-refractivity contribution in [2.75, 3.05) is 25.1 Å². The zero-order valence-corrected chi connectivity index (χ0v) is 18.4. The van der Waals surface area contributed by atoms with E-state index < -0.39 is 11.6 Å². The molecule has 3 N–H and O–H groups in total. The fourth-order valence-corrected chi connectivity index (χ4v) is 4.00. The topological polar surface area (TPSA) is 95.4 Å². The molecule has 8 heteroatoms. The van der Waals surface area contributed by atoms with E-state index in [0.29, 0.717) is 30.0 Å². The van der Waals surface area contributed by atoms with Gasteiger partial charge in [-0.3, -0.25) is 0 Å². The van der Waals surface area contributed by atoms with E-state index in [9.17, 15) is 13.9 Å². The lowest BCUT2D eigenvalue weighted by molar-refractivity contribution is 0.363. The number of benzene rings is 2. The van der Waals surface area contributed by atoms with Gasteiger partial charge in [0.1, 0.15) is 23.5 Å². The number of halogens is 2. The minimum Gasteiger partial charge on any atom is -0.507 e. The molecule has 1 fully saturated rings. The van der Waals surface area contributed by atoms with Crippen molar-refractivity contribution in [1.29, 1.82) is 5.26 Å². The lowest BCUT2D eigenvalue weighted by Crippen LogP contribution is -2.48. The van der Waals surface area contributed by atoms with Crippen LogP contribution < -0.4 is 15.4 Å². The molecule has 170 valence electrons. The Bertz CT molecular complexity index is 1240. The predicted molar refractivity (Wildman–Crippen MR) is 122 cm³/mol. The Labute approximate surface area is 190 Å². The first kappa shape index (κ1) is 22.5. The minimum absolute atomic E-state index is 0.0620. The molecule has 2 heterocycles. The molecule has 0 unspecified atom stereocenters. The van der Waals surface area contributed by atoms with Crippen LogP contribution in [0.5, 0.6) is 11.5 Å². The molecular weight excluding hydrogens is 426 g/mol. The van der Waals surface area contributed by atoms with Crippen LogP contribution in [0.2, 0.25) is 0 Å². The summed E-state index contributed by atoms with van der Waals surface area (Å²) in [6.45, 7) is 3.30. The SMILES string of the molecule is COc1ccc(-c2c(O)cc(N3CCC(C)(N)CC3)nc2-c2ccc(C#N)c(F)c2)cc1F. The summed E-state index contributed by atoms with van der Waals surface area (Å²) < 4.78 is 33.9. The van der Waals surface area contributed by atoms with E-state index in [-0.39, 0.29) is 33.9 Å². The molecular formula is C25H24F2N4O2. The van der Waals surface area contributed by atoms with E-state index in [0.717, 1.165) is 12.8 Å². The maximum atomic E-state index is 14.5. The lowest BCUT2D eigenvalue weighted by Gasteiger charge is -2.37. The number of nitriles is 1. The molecule has 0 bridgehead atoms. The Balaban J connectivity index is 1.88. The van der Waals surface area contributed by atoms with Crippen molar-refractivity contribution < 1.29 is 18.6 Å². The van der Waals surface area contributed by atoms with E-state index in [1.165, 1.54) is 37.4 Å². The van der Waals surface area contributed by atoms with Gasteiger partial charge in [-0.1, -0.05) is 12.1 Å². The van der Waals surface area contributed by atoms with Crippen LogP contribution in [0, 0.1) is 23.0 Å². The first-order valence-electron chi connectivity index (χ1n) is 10.5. The summed E-state index contributed by atoms with van der Waals surface area (Å²) in [5.41, 5.74) is 7.12. The highest BCUT2D eigenvalue weighted by atomic mass is 19.1. The smallest absolute Gasteiger partial charge is 0.165 e. The first-order chi connectivity index (χ1) is 15.7. The predicted octanol–water partition coefficient (Wildman–Crippen LogP) is 4.60. The number of piperidine rings is 1. The summed E-state index contributed by atoms with van der Waals surface area (Å²) in [5.74, 6) is -0.850. The Morgan fingerprint density at radius 3 is 2.36 bits per heavy atom. The Morgan fingerprint density at radius 2 is 1.76 bits per heavy atom. The third kappa shape index (κ3) is 4.45. The second-order valence-electron chi connectivity index (χ2n) is 8.52. The molecule has 33 heavy (non-hydrogen) atoms. The van der Waals surface area contributed by atoms with Crippen LogP contribution in [0.15, 0.2) is 42.5 Å². The van der Waals surface area contributed by atoms with Gasteiger partial charge in [-0.15, -0.1) is 0 Å². The van der Waals surface area contributed by atoms with E-state index in [2.05, 4.69) is 0 Å². The van der Waals surface area contributed by atoms with Gasteiger partial charge in [-0.05, 0) is 49.6 Å². The van der Waals surface area contributed by atoms with Gasteiger partial charge in [0.05, 0.1) is 23.9 Å². The monoisotopic (exact) mass is 450 g/mol. The van der Waals surface area contributed by atoms with Crippen LogP contribution in [-0.4, -0.2) is 35.8 Å². The molecule has 1 aliphatic rings. The maximum absolute atomic E-state index is 14.5. The molecule has 0 saturated carbocycles. The average molecular weight is 450 g/mol. The molecule has 0 atom stereocenters. The summed E-state index contributed by atoms with van der Waals surface area (Å²) in [4.78, 5) is 6.75. The van der Waals surface area contributed by atoms with Crippen LogP contribution in [0.3, 0.4) is 0 Å². The molecule has 0 amide bonds. The maximum Gasteiger partial charge on any atom is 0.165 e. The van der Waals surface area contributed by atoms with E-state index >= 15 is 0 Å². The summed E-state index contributed by atoms with van der Waals surface area (Å²) in [5, 5.41) is 20.1. The van der Waals surface area contributed by atoms with E-state index in [1.807, 2.05) is 11.8 Å². The number of pyridine rings is 1. The van der Waals surface area contributed by atoms with Gasteiger partial charge in [0, 0.05) is 30.3 Å². The number of ether oxygens (including phenoxy) is 1. The second-order valence-corrected chi connectivity index (χ2v) is 8.52. The number of aromatic hydroxyl groups is 1. The van der Waals surface area contributed by atoms with Gasteiger partial charge in [0.25, 0.3) is 0 Å². The van der Waals surface area contributed by atoms with Crippen molar-refractivity contribution in [3.05, 3.63) is 59.7 Å². The standard InChI is InChI=1S/C25H24F2N4O2/c1-25(29)7-9-31(10-8-25)22-13-20(32)23(15-5-6-21(33-2)19(27)11-15)24(30-22)16-3-4-17(14-28)18(26)12-16/h3-6,11-13H,7-10,29H2,1-2H3,(H,30,32). The summed E-state index contributed by atoms with van der Waals surface area (Å²) in [6, 6.07) is 11.7. The number of rotatable bonds is 4. The minimum atomic E-state index is -0.703. The molecule has 1 saturated heterocycles. The van der Waals surface area contributed by atoms with Gasteiger partial charge >= 0.3 is 0 Å². The van der Waals surface area contributed by atoms with E-state index in [1.54, 1.807) is 18.2 Å². The largest absolute Gasteiger partial charge is 0.507 e. The Hall–Kier alpha value is -3.70. The fourth-order valence-electron chi connectivity index (χ4n) is 4.00. The molecule has 6 nitrogen and oxygen atoms in total. The molecule has 0 radical (unpaired) electrons. The normalized spacial score (nSPS) is 15.2. The van der Waals surface area contributed by atoms with Gasteiger partial charge < -0.3 is 20.5 Å². The third-order valence-electron chi connectivity index (χ3n) is 6.02. The molecule has 1 aromatic heterocycles. The van der Waals surface area contributed by atoms with Crippen LogP contribution in [-0.2, 0) is 0 Å². The lowest BCUT2D eigenvalue weighted by atomic mass is 9.91. The summed E-state index contributed by atoms with van der Waals surface area (Å²) in [7, 11) is 1.36. The van der Waals surface area contributed by atoms with Crippen molar-refractivity contribution in [3.63, 3.8) is 0 Å². The summed E-state index contributed by atoms with van der Waals surface area (Å²) >= 11 is 0. The highest BCUT2D eigenvalue weighted by Crippen LogP contribution is 2.41. The number of methoxy groups -OCH3 is 1.